The summed E-state index contributed by atoms with van der Waals surface area (Å²) in [7, 11) is 0. The zero-order chi connectivity index (χ0) is 14.0. The van der Waals surface area contributed by atoms with Gasteiger partial charge in [0.25, 0.3) is 0 Å². The lowest BCUT2D eigenvalue weighted by molar-refractivity contribution is 0.0718. The SMILES string of the molecule is CC(C)(C)C(NC(=O)O)C1CCc2ccccc2O1. The van der Waals surface area contributed by atoms with Crippen LogP contribution in [0.2, 0.25) is 0 Å². The number of rotatable bonds is 2. The third-order valence-corrected chi connectivity index (χ3v) is 3.53. The number of amides is 1. The normalized spacial score (nSPS) is 20.1. The number of fused-ring (bicyclic) bond motifs is 1. The fourth-order valence-corrected chi connectivity index (χ4v) is 2.58. The maximum Gasteiger partial charge on any atom is 0.405 e. The molecule has 2 unspecified atom stereocenters. The number of carboxylic acid groups (broad SMARTS) is 1. The minimum absolute atomic E-state index is 0.119. The van der Waals surface area contributed by atoms with Crippen molar-refractivity contribution >= 4 is 6.09 Å². The van der Waals surface area contributed by atoms with Gasteiger partial charge in [-0.25, -0.2) is 4.79 Å². The summed E-state index contributed by atoms with van der Waals surface area (Å²) in [5, 5.41) is 11.6. The van der Waals surface area contributed by atoms with Crippen molar-refractivity contribution in [1.29, 1.82) is 0 Å². The molecule has 0 aromatic heterocycles. The van der Waals surface area contributed by atoms with Crippen LogP contribution >= 0.6 is 0 Å². The molecule has 0 saturated carbocycles. The topological polar surface area (TPSA) is 58.6 Å². The van der Waals surface area contributed by atoms with Gasteiger partial charge in [-0.1, -0.05) is 39.0 Å². The Hall–Kier alpha value is -1.71. The first-order chi connectivity index (χ1) is 8.88. The molecule has 0 radical (unpaired) electrons. The van der Waals surface area contributed by atoms with E-state index in [1.165, 1.54) is 5.56 Å². The Kier molecular flexibility index (Phi) is 3.69. The van der Waals surface area contributed by atoms with Gasteiger partial charge in [0.15, 0.2) is 0 Å². The lowest BCUT2D eigenvalue weighted by Crippen LogP contribution is -2.53. The molecule has 2 atom stereocenters. The predicted molar refractivity (Wildman–Crippen MR) is 73.6 cm³/mol. The number of ether oxygens (including phenoxy) is 1. The minimum atomic E-state index is -0.998. The molecule has 0 fully saturated rings. The molecule has 19 heavy (non-hydrogen) atoms. The number of benzene rings is 1. The molecule has 0 spiro atoms. The lowest BCUT2D eigenvalue weighted by Gasteiger charge is -2.39. The van der Waals surface area contributed by atoms with E-state index in [2.05, 4.69) is 11.4 Å². The predicted octanol–water partition coefficient (Wildman–Crippen LogP) is 3.06. The zero-order valence-electron chi connectivity index (χ0n) is 11.6. The summed E-state index contributed by atoms with van der Waals surface area (Å²) < 4.78 is 6.00. The van der Waals surface area contributed by atoms with Gasteiger partial charge in [-0.2, -0.15) is 0 Å². The molecule has 1 aliphatic rings. The maximum atomic E-state index is 11.0. The summed E-state index contributed by atoms with van der Waals surface area (Å²) in [4.78, 5) is 11.0. The van der Waals surface area contributed by atoms with Crippen molar-refractivity contribution in [2.75, 3.05) is 0 Å². The second-order valence-corrected chi connectivity index (χ2v) is 6.10. The van der Waals surface area contributed by atoms with Crippen molar-refractivity contribution in [2.24, 2.45) is 5.41 Å². The molecule has 1 aliphatic heterocycles. The molecular weight excluding hydrogens is 242 g/mol. The summed E-state index contributed by atoms with van der Waals surface area (Å²) >= 11 is 0. The molecule has 1 aromatic carbocycles. The van der Waals surface area contributed by atoms with Crippen LogP contribution in [0.5, 0.6) is 5.75 Å². The molecule has 1 amide bonds. The fraction of sp³-hybridized carbons (Fsp3) is 0.533. The van der Waals surface area contributed by atoms with Gasteiger partial charge in [0.1, 0.15) is 11.9 Å². The van der Waals surface area contributed by atoms with Crippen molar-refractivity contribution < 1.29 is 14.6 Å². The van der Waals surface area contributed by atoms with Crippen molar-refractivity contribution in [1.82, 2.24) is 5.32 Å². The summed E-state index contributed by atoms with van der Waals surface area (Å²) in [6, 6.07) is 7.72. The molecule has 2 rings (SSSR count). The van der Waals surface area contributed by atoms with Crippen LogP contribution in [0, 0.1) is 5.41 Å². The molecule has 2 N–H and O–H groups in total. The Morgan fingerprint density at radius 1 is 1.42 bits per heavy atom. The van der Waals surface area contributed by atoms with Crippen LogP contribution in [0.3, 0.4) is 0 Å². The number of para-hydroxylation sites is 1. The van der Waals surface area contributed by atoms with E-state index in [1.54, 1.807) is 0 Å². The highest BCUT2D eigenvalue weighted by Crippen LogP contribution is 2.33. The maximum absolute atomic E-state index is 11.0. The first-order valence-electron chi connectivity index (χ1n) is 6.62. The van der Waals surface area contributed by atoms with Crippen LogP contribution in [0.25, 0.3) is 0 Å². The Morgan fingerprint density at radius 2 is 2.11 bits per heavy atom. The van der Waals surface area contributed by atoms with E-state index < -0.39 is 6.09 Å². The molecule has 0 bridgehead atoms. The van der Waals surface area contributed by atoms with Gasteiger partial charge in [-0.15, -0.1) is 0 Å². The van der Waals surface area contributed by atoms with Crippen molar-refractivity contribution in [3.63, 3.8) is 0 Å². The van der Waals surface area contributed by atoms with Crippen molar-refractivity contribution in [3.05, 3.63) is 29.8 Å². The van der Waals surface area contributed by atoms with E-state index >= 15 is 0 Å². The smallest absolute Gasteiger partial charge is 0.405 e. The average Bonchev–Trinajstić information content (AvgIpc) is 2.34. The molecule has 4 nitrogen and oxygen atoms in total. The van der Waals surface area contributed by atoms with E-state index in [0.29, 0.717) is 0 Å². The number of carbonyl (C=O) groups is 1. The summed E-state index contributed by atoms with van der Waals surface area (Å²) in [6.07, 6.45) is 0.641. The van der Waals surface area contributed by atoms with Gasteiger partial charge in [-0.3, -0.25) is 0 Å². The van der Waals surface area contributed by atoms with Gasteiger partial charge in [0.2, 0.25) is 0 Å². The summed E-state index contributed by atoms with van der Waals surface area (Å²) in [5.74, 6) is 0.875. The van der Waals surface area contributed by atoms with Gasteiger partial charge in [-0.05, 0) is 29.9 Å². The highest BCUT2D eigenvalue weighted by atomic mass is 16.5. The van der Waals surface area contributed by atoms with Crippen molar-refractivity contribution in [2.45, 2.75) is 45.8 Å². The number of hydrogen-bond donors (Lipinski definition) is 2. The van der Waals surface area contributed by atoms with Gasteiger partial charge < -0.3 is 15.2 Å². The number of aryl methyl sites for hydroxylation is 1. The molecule has 0 aliphatic carbocycles. The summed E-state index contributed by atoms with van der Waals surface area (Å²) in [6.45, 7) is 6.08. The first-order valence-corrected chi connectivity index (χ1v) is 6.62. The highest BCUT2D eigenvalue weighted by Gasteiger charge is 2.36. The third-order valence-electron chi connectivity index (χ3n) is 3.53. The highest BCUT2D eigenvalue weighted by molar-refractivity contribution is 5.65. The monoisotopic (exact) mass is 263 g/mol. The molecule has 1 heterocycles. The first kappa shape index (κ1) is 13.7. The van der Waals surface area contributed by atoms with E-state index in [9.17, 15) is 4.79 Å². The largest absolute Gasteiger partial charge is 0.488 e. The van der Waals surface area contributed by atoms with Crippen LogP contribution < -0.4 is 10.1 Å². The zero-order valence-corrected chi connectivity index (χ0v) is 11.6. The second-order valence-electron chi connectivity index (χ2n) is 6.10. The average molecular weight is 263 g/mol. The molecule has 0 saturated heterocycles. The van der Waals surface area contributed by atoms with E-state index in [0.717, 1.165) is 18.6 Å². The van der Waals surface area contributed by atoms with E-state index in [-0.39, 0.29) is 17.6 Å². The number of hydrogen-bond acceptors (Lipinski definition) is 2. The molecular formula is C15H21NO3. The van der Waals surface area contributed by atoms with Crippen LogP contribution in [0.1, 0.15) is 32.8 Å². The van der Waals surface area contributed by atoms with Crippen molar-refractivity contribution in [3.8, 4) is 5.75 Å². The Morgan fingerprint density at radius 3 is 2.74 bits per heavy atom. The Labute approximate surface area is 113 Å². The van der Waals surface area contributed by atoms with Gasteiger partial charge in [0.05, 0.1) is 6.04 Å². The molecule has 4 heteroatoms. The van der Waals surface area contributed by atoms with Crippen LogP contribution in [-0.2, 0) is 6.42 Å². The van der Waals surface area contributed by atoms with Gasteiger partial charge in [0, 0.05) is 0 Å². The van der Waals surface area contributed by atoms with Gasteiger partial charge >= 0.3 is 6.09 Å². The Balaban J connectivity index is 2.19. The third kappa shape index (κ3) is 3.19. The van der Waals surface area contributed by atoms with E-state index in [1.807, 2.05) is 39.0 Å². The lowest BCUT2D eigenvalue weighted by atomic mass is 9.81. The molecule has 104 valence electrons. The molecule has 1 aromatic rings. The van der Waals surface area contributed by atoms with Crippen LogP contribution in [0.15, 0.2) is 24.3 Å². The van der Waals surface area contributed by atoms with Crippen LogP contribution in [0.4, 0.5) is 4.79 Å². The summed E-state index contributed by atoms with van der Waals surface area (Å²) in [5.41, 5.74) is 1.01. The standard InChI is InChI=1S/C15H21NO3/c1-15(2,3)13(16-14(17)18)12-9-8-10-6-4-5-7-11(10)19-12/h4-7,12-13,16H,8-9H2,1-3H3,(H,17,18). The van der Waals surface area contributed by atoms with E-state index in [4.69, 9.17) is 9.84 Å². The fourth-order valence-electron chi connectivity index (χ4n) is 2.58. The number of nitrogens with one attached hydrogen (secondary N) is 1. The van der Waals surface area contributed by atoms with Crippen LogP contribution in [-0.4, -0.2) is 23.3 Å². The Bertz CT molecular complexity index is 465. The second kappa shape index (κ2) is 5.11. The minimum Gasteiger partial charge on any atom is -0.488 e. The quantitative estimate of drug-likeness (QED) is 0.862.